The van der Waals surface area contributed by atoms with Gasteiger partial charge in [-0.3, -0.25) is 0 Å². The lowest BCUT2D eigenvalue weighted by Gasteiger charge is -2.41. The molecule has 0 aliphatic rings. The van der Waals surface area contributed by atoms with Gasteiger partial charge in [-0.2, -0.15) is 0 Å². The van der Waals surface area contributed by atoms with Crippen LogP contribution in [0.2, 0.25) is 36.3 Å². The molecule has 1 N–H and O–H groups in total. The van der Waals surface area contributed by atoms with E-state index in [0.717, 1.165) is 13.0 Å². The van der Waals surface area contributed by atoms with E-state index in [-0.39, 0.29) is 28.7 Å². The van der Waals surface area contributed by atoms with E-state index in [4.69, 9.17) is 14.0 Å². The summed E-state index contributed by atoms with van der Waals surface area (Å²) in [5.41, 5.74) is 0. The fourth-order valence-electron chi connectivity index (χ4n) is 2.03. The minimum absolute atomic E-state index is 0.0810. The molecule has 0 aliphatic carbocycles. The van der Waals surface area contributed by atoms with Gasteiger partial charge in [0, 0.05) is 6.61 Å². The van der Waals surface area contributed by atoms with Crippen LogP contribution in [0.15, 0.2) is 12.2 Å². The van der Waals surface area contributed by atoms with Crippen LogP contribution in [0.4, 0.5) is 0 Å². The summed E-state index contributed by atoms with van der Waals surface area (Å²) < 4.78 is 13.1. The first kappa shape index (κ1) is 25.1. The topological polar surface area (TPSA) is 38.7 Å². The van der Waals surface area contributed by atoms with Crippen molar-refractivity contribution >= 4 is 16.6 Å². The average molecular weight is 389 g/mol. The highest BCUT2D eigenvalue weighted by Crippen LogP contribution is 2.39. The van der Waals surface area contributed by atoms with Crippen LogP contribution in [0, 0.1) is 5.92 Å². The van der Waals surface area contributed by atoms with Crippen molar-refractivity contribution in [3.05, 3.63) is 12.2 Å². The molecule has 0 saturated heterocycles. The number of aliphatic hydroxyl groups excluding tert-OH is 1. The van der Waals surface area contributed by atoms with E-state index in [1.807, 2.05) is 6.08 Å². The second-order valence-electron chi connectivity index (χ2n) is 10.3. The number of hydrogen-bond acceptors (Lipinski definition) is 3. The Morgan fingerprint density at radius 1 is 0.920 bits per heavy atom. The molecule has 150 valence electrons. The average Bonchev–Trinajstić information content (AvgIpc) is 2.40. The molecule has 0 saturated carbocycles. The number of aliphatic hydroxyl groups is 1. The molecule has 0 heterocycles. The Hall–Kier alpha value is 0.0538. The van der Waals surface area contributed by atoms with Crippen molar-refractivity contribution < 1.29 is 14.0 Å². The third kappa shape index (κ3) is 8.08. The maximum Gasteiger partial charge on any atom is 0.192 e. The highest BCUT2D eigenvalue weighted by molar-refractivity contribution is 6.74. The Morgan fingerprint density at radius 3 is 1.80 bits per heavy atom. The van der Waals surface area contributed by atoms with Crippen LogP contribution in [0.1, 0.15) is 54.9 Å². The lowest BCUT2D eigenvalue weighted by molar-refractivity contribution is 0.113. The normalized spacial score (nSPS) is 17.1. The van der Waals surface area contributed by atoms with Gasteiger partial charge in [-0.1, -0.05) is 60.6 Å². The lowest BCUT2D eigenvalue weighted by atomic mass is 10.0. The maximum atomic E-state index is 9.09. The maximum absolute atomic E-state index is 9.09. The van der Waals surface area contributed by atoms with Crippen LogP contribution in [0.25, 0.3) is 0 Å². The van der Waals surface area contributed by atoms with Gasteiger partial charge in [0.15, 0.2) is 16.6 Å². The van der Waals surface area contributed by atoms with E-state index >= 15 is 0 Å². The van der Waals surface area contributed by atoms with Crippen LogP contribution in [0.3, 0.4) is 0 Å². The Balaban J connectivity index is 5.08. The lowest BCUT2D eigenvalue weighted by Crippen LogP contribution is -2.46. The summed E-state index contributed by atoms with van der Waals surface area (Å²) in [5.74, 6) is 0.268. The fourth-order valence-corrected chi connectivity index (χ4v) is 4.53. The van der Waals surface area contributed by atoms with Gasteiger partial charge in [0.25, 0.3) is 0 Å². The molecule has 0 spiro atoms. The summed E-state index contributed by atoms with van der Waals surface area (Å²) in [6.07, 6.45) is 4.93. The zero-order chi connectivity index (χ0) is 20.1. The number of hydrogen-bond donors (Lipinski definition) is 1. The summed E-state index contributed by atoms with van der Waals surface area (Å²) in [5, 5.41) is 9.51. The molecule has 0 radical (unpaired) electrons. The summed E-state index contributed by atoms with van der Waals surface area (Å²) in [6, 6.07) is 0. The van der Waals surface area contributed by atoms with Crippen LogP contribution < -0.4 is 0 Å². The monoisotopic (exact) mass is 388 g/mol. The Labute approximate surface area is 159 Å². The minimum Gasteiger partial charge on any atom is -0.417 e. The molecule has 0 aromatic rings. The van der Waals surface area contributed by atoms with Crippen LogP contribution in [-0.4, -0.2) is 41.1 Å². The summed E-state index contributed by atoms with van der Waals surface area (Å²) in [6.45, 7) is 25.8. The van der Waals surface area contributed by atoms with E-state index in [0.29, 0.717) is 0 Å². The molecule has 5 heteroatoms. The predicted octanol–water partition coefficient (Wildman–Crippen LogP) is 5.97. The smallest absolute Gasteiger partial charge is 0.192 e. The van der Waals surface area contributed by atoms with Gasteiger partial charge in [-0.05, 0) is 48.6 Å². The van der Waals surface area contributed by atoms with Crippen molar-refractivity contribution in [3.8, 4) is 0 Å². The molecular formula is C20H44O3Si2. The quantitative estimate of drug-likeness (QED) is 0.390. The van der Waals surface area contributed by atoms with Crippen molar-refractivity contribution in [2.75, 3.05) is 13.2 Å². The molecule has 0 aromatic carbocycles. The van der Waals surface area contributed by atoms with Crippen molar-refractivity contribution in [2.24, 2.45) is 5.92 Å². The second kappa shape index (κ2) is 9.31. The zero-order valence-corrected chi connectivity index (χ0v) is 20.7. The van der Waals surface area contributed by atoms with Gasteiger partial charge in [-0.15, -0.1) is 0 Å². The Morgan fingerprint density at radius 2 is 1.40 bits per heavy atom. The molecule has 0 aliphatic heterocycles. The number of rotatable bonds is 9. The van der Waals surface area contributed by atoms with Gasteiger partial charge < -0.3 is 14.0 Å². The molecule has 0 amide bonds. The summed E-state index contributed by atoms with van der Waals surface area (Å²) >= 11 is 0. The Bertz CT molecular complexity index is 418. The Kier molecular flexibility index (Phi) is 9.33. The van der Waals surface area contributed by atoms with Gasteiger partial charge in [0.2, 0.25) is 0 Å². The van der Waals surface area contributed by atoms with Crippen molar-refractivity contribution in [1.29, 1.82) is 0 Å². The van der Waals surface area contributed by atoms with Crippen molar-refractivity contribution in [3.63, 3.8) is 0 Å². The third-order valence-electron chi connectivity index (χ3n) is 6.06. The SMILES string of the molecule is C[C@H](C=CCO)[C@H](CCO[Si](C)(C)C(C)(C)C)O[Si](C)(C)C(C)(C)C. The van der Waals surface area contributed by atoms with Gasteiger partial charge in [-0.25, -0.2) is 0 Å². The highest BCUT2D eigenvalue weighted by atomic mass is 28.4. The van der Waals surface area contributed by atoms with E-state index < -0.39 is 16.6 Å². The zero-order valence-electron chi connectivity index (χ0n) is 18.7. The third-order valence-corrected chi connectivity index (χ3v) is 15.1. The van der Waals surface area contributed by atoms with E-state index in [1.54, 1.807) is 0 Å². The molecule has 2 atom stereocenters. The molecule has 0 bridgehead atoms. The molecule has 0 rings (SSSR count). The largest absolute Gasteiger partial charge is 0.417 e. The van der Waals surface area contributed by atoms with Crippen LogP contribution in [-0.2, 0) is 8.85 Å². The predicted molar refractivity (Wildman–Crippen MR) is 115 cm³/mol. The standard InChI is InChI=1S/C20H44O3Si2/c1-17(13-12-15-21)18(23-25(10,11)20(5,6)7)14-16-22-24(8,9)19(2,3)4/h12-13,17-18,21H,14-16H2,1-11H3/t17-,18+/m1/s1. The molecular weight excluding hydrogens is 344 g/mol. The summed E-state index contributed by atoms with van der Waals surface area (Å²) in [7, 11) is -3.57. The van der Waals surface area contributed by atoms with E-state index in [2.05, 4.69) is 80.7 Å². The summed E-state index contributed by atoms with van der Waals surface area (Å²) in [4.78, 5) is 0. The van der Waals surface area contributed by atoms with Gasteiger partial charge in [0.05, 0.1) is 12.7 Å². The first-order chi connectivity index (χ1) is 11.0. The van der Waals surface area contributed by atoms with E-state index in [9.17, 15) is 0 Å². The van der Waals surface area contributed by atoms with Crippen molar-refractivity contribution in [2.45, 2.75) is 97.3 Å². The molecule has 0 unspecified atom stereocenters. The molecule has 3 nitrogen and oxygen atoms in total. The molecule has 0 fully saturated rings. The highest BCUT2D eigenvalue weighted by Gasteiger charge is 2.40. The molecule has 25 heavy (non-hydrogen) atoms. The fraction of sp³-hybridized carbons (Fsp3) is 0.900. The van der Waals surface area contributed by atoms with Gasteiger partial charge >= 0.3 is 0 Å². The molecule has 0 aromatic heterocycles. The first-order valence-corrected chi connectivity index (χ1v) is 15.5. The van der Waals surface area contributed by atoms with Crippen LogP contribution in [0.5, 0.6) is 0 Å². The first-order valence-electron chi connectivity index (χ1n) is 9.64. The van der Waals surface area contributed by atoms with Gasteiger partial charge in [0.1, 0.15) is 0 Å². The second-order valence-corrected chi connectivity index (χ2v) is 19.8. The minimum atomic E-state index is -1.84. The van der Waals surface area contributed by atoms with Crippen LogP contribution >= 0.6 is 0 Å². The van der Waals surface area contributed by atoms with Crippen molar-refractivity contribution in [1.82, 2.24) is 0 Å². The van der Waals surface area contributed by atoms with E-state index in [1.165, 1.54) is 0 Å².